The Hall–Kier alpha value is -1.86. The third-order valence-electron chi connectivity index (χ3n) is 2.96. The fourth-order valence-electron chi connectivity index (χ4n) is 1.79. The Kier molecular flexibility index (Phi) is 4.64. The molecule has 0 aliphatic heterocycles. The van der Waals surface area contributed by atoms with Crippen LogP contribution in [0.2, 0.25) is 0 Å². The van der Waals surface area contributed by atoms with E-state index in [1.54, 1.807) is 6.92 Å². The summed E-state index contributed by atoms with van der Waals surface area (Å²) in [6, 6.07) is 3.94. The molecule has 0 aliphatic rings. The molecule has 0 saturated heterocycles. The lowest BCUT2D eigenvalue weighted by Gasteiger charge is -2.19. The first kappa shape index (κ1) is 15.5. The van der Waals surface area contributed by atoms with E-state index in [1.807, 2.05) is 6.92 Å². The average Bonchev–Trinajstić information content (AvgIpc) is 2.91. The van der Waals surface area contributed by atoms with Crippen molar-refractivity contribution in [3.63, 3.8) is 0 Å². The lowest BCUT2D eigenvalue weighted by atomic mass is 10.1. The smallest absolute Gasteiger partial charge is 0.231 e. The molecule has 21 heavy (non-hydrogen) atoms. The molecule has 7 heteroatoms. The van der Waals surface area contributed by atoms with Crippen LogP contribution in [0, 0.1) is 11.6 Å². The quantitative estimate of drug-likeness (QED) is 0.884. The molecule has 0 fully saturated rings. The lowest BCUT2D eigenvalue weighted by Crippen LogP contribution is -2.39. The molecule has 1 heterocycles. The van der Waals surface area contributed by atoms with E-state index in [0.717, 1.165) is 6.07 Å². The van der Waals surface area contributed by atoms with Gasteiger partial charge in [-0.3, -0.25) is 0 Å². The van der Waals surface area contributed by atoms with Crippen LogP contribution >= 0.6 is 0 Å². The van der Waals surface area contributed by atoms with Crippen molar-refractivity contribution in [2.75, 3.05) is 13.2 Å². The predicted octanol–water partition coefficient (Wildman–Crippen LogP) is 2.15. The third kappa shape index (κ3) is 3.62. The second-order valence-electron chi connectivity index (χ2n) is 4.96. The van der Waals surface area contributed by atoms with Crippen LogP contribution in [0.3, 0.4) is 0 Å². The van der Waals surface area contributed by atoms with E-state index in [9.17, 15) is 8.78 Å². The van der Waals surface area contributed by atoms with Crippen LogP contribution < -0.4 is 5.73 Å². The number of halogens is 2. The number of aromatic nitrogens is 2. The second kappa shape index (κ2) is 6.28. The first-order valence-corrected chi connectivity index (χ1v) is 6.56. The van der Waals surface area contributed by atoms with Crippen molar-refractivity contribution in [1.29, 1.82) is 0 Å². The van der Waals surface area contributed by atoms with Gasteiger partial charge < -0.3 is 15.0 Å². The third-order valence-corrected chi connectivity index (χ3v) is 2.96. The molecule has 5 nitrogen and oxygen atoms in total. The highest BCUT2D eigenvalue weighted by molar-refractivity contribution is 5.22. The van der Waals surface area contributed by atoms with Gasteiger partial charge in [0, 0.05) is 12.2 Å². The molecule has 1 atom stereocenters. The molecule has 2 aromatic rings. The molecule has 2 N–H and O–H groups in total. The van der Waals surface area contributed by atoms with Crippen molar-refractivity contribution in [2.24, 2.45) is 5.73 Å². The van der Waals surface area contributed by atoms with E-state index in [-0.39, 0.29) is 30.3 Å². The Bertz CT molecular complexity index is 614. The summed E-state index contributed by atoms with van der Waals surface area (Å²) in [7, 11) is 0. The summed E-state index contributed by atoms with van der Waals surface area (Å²) >= 11 is 0. The summed E-state index contributed by atoms with van der Waals surface area (Å²) in [5.41, 5.74) is 5.28. The highest BCUT2D eigenvalue weighted by Gasteiger charge is 2.28. The van der Waals surface area contributed by atoms with Gasteiger partial charge in [0.15, 0.2) is 17.5 Å². The number of hydrogen-bond acceptors (Lipinski definition) is 5. The molecule has 1 unspecified atom stereocenters. The standard InChI is InChI=1S/C14H17F2N3O2/c1-3-20-8-14(2,17)13-18-11(21-19-13)7-9-5-4-6-10(15)12(9)16/h4-6H,3,7-8,17H2,1-2H3. The van der Waals surface area contributed by atoms with E-state index in [0.29, 0.717) is 6.61 Å². The van der Waals surface area contributed by atoms with Crippen LogP contribution in [0.5, 0.6) is 0 Å². The number of nitrogens with two attached hydrogens (primary N) is 1. The number of rotatable bonds is 6. The van der Waals surface area contributed by atoms with E-state index in [4.69, 9.17) is 15.0 Å². The molecular formula is C14H17F2N3O2. The number of hydrogen-bond donors (Lipinski definition) is 1. The van der Waals surface area contributed by atoms with Gasteiger partial charge in [-0.2, -0.15) is 4.98 Å². The van der Waals surface area contributed by atoms with E-state index in [2.05, 4.69) is 10.1 Å². The normalized spacial score (nSPS) is 14.1. The van der Waals surface area contributed by atoms with Crippen molar-refractivity contribution in [1.82, 2.24) is 10.1 Å². The first-order chi connectivity index (χ1) is 9.94. The molecule has 0 spiro atoms. The van der Waals surface area contributed by atoms with Crippen molar-refractivity contribution in [3.8, 4) is 0 Å². The van der Waals surface area contributed by atoms with Gasteiger partial charge >= 0.3 is 0 Å². The molecule has 2 rings (SSSR count). The van der Waals surface area contributed by atoms with Crippen LogP contribution in [-0.4, -0.2) is 23.4 Å². The Morgan fingerprint density at radius 3 is 2.86 bits per heavy atom. The van der Waals surface area contributed by atoms with Crippen LogP contribution in [0.4, 0.5) is 8.78 Å². The first-order valence-electron chi connectivity index (χ1n) is 6.56. The fourth-order valence-corrected chi connectivity index (χ4v) is 1.79. The highest BCUT2D eigenvalue weighted by Crippen LogP contribution is 2.18. The molecule has 114 valence electrons. The van der Waals surface area contributed by atoms with Crippen LogP contribution in [0.1, 0.15) is 31.1 Å². The van der Waals surface area contributed by atoms with Gasteiger partial charge in [0.05, 0.1) is 13.0 Å². The monoisotopic (exact) mass is 297 g/mol. The largest absolute Gasteiger partial charge is 0.379 e. The zero-order valence-electron chi connectivity index (χ0n) is 11.9. The number of benzene rings is 1. The van der Waals surface area contributed by atoms with Crippen LogP contribution in [-0.2, 0) is 16.7 Å². The summed E-state index contributed by atoms with van der Waals surface area (Å²) < 4.78 is 37.0. The zero-order chi connectivity index (χ0) is 15.5. The van der Waals surface area contributed by atoms with Gasteiger partial charge in [0.1, 0.15) is 5.54 Å². The topological polar surface area (TPSA) is 74.2 Å². The minimum atomic E-state index is -0.915. The molecule has 0 radical (unpaired) electrons. The Morgan fingerprint density at radius 2 is 2.14 bits per heavy atom. The summed E-state index contributed by atoms with van der Waals surface area (Å²) in [6.07, 6.45) is 0.00130. The maximum Gasteiger partial charge on any atom is 0.231 e. The van der Waals surface area contributed by atoms with Crippen molar-refractivity contribution < 1.29 is 18.0 Å². The van der Waals surface area contributed by atoms with Crippen molar-refractivity contribution in [2.45, 2.75) is 25.8 Å². The Balaban J connectivity index is 2.15. The van der Waals surface area contributed by atoms with E-state index >= 15 is 0 Å². The number of ether oxygens (including phenoxy) is 1. The van der Waals surface area contributed by atoms with Crippen LogP contribution in [0.25, 0.3) is 0 Å². The molecule has 0 aliphatic carbocycles. The van der Waals surface area contributed by atoms with Gasteiger partial charge in [-0.1, -0.05) is 17.3 Å². The lowest BCUT2D eigenvalue weighted by molar-refractivity contribution is 0.0962. The maximum absolute atomic E-state index is 13.6. The van der Waals surface area contributed by atoms with Crippen molar-refractivity contribution >= 4 is 0 Å². The second-order valence-corrected chi connectivity index (χ2v) is 4.96. The Morgan fingerprint density at radius 1 is 1.38 bits per heavy atom. The SMILES string of the molecule is CCOCC(C)(N)c1noc(Cc2cccc(F)c2F)n1. The zero-order valence-corrected chi connectivity index (χ0v) is 11.9. The summed E-state index contributed by atoms with van der Waals surface area (Å²) in [5, 5.41) is 3.78. The molecule has 0 bridgehead atoms. The average molecular weight is 297 g/mol. The van der Waals surface area contributed by atoms with E-state index in [1.165, 1.54) is 12.1 Å². The molecule has 0 saturated carbocycles. The van der Waals surface area contributed by atoms with Gasteiger partial charge in [-0.05, 0) is 19.9 Å². The maximum atomic E-state index is 13.6. The van der Waals surface area contributed by atoms with Gasteiger partial charge in [0.2, 0.25) is 5.89 Å². The summed E-state index contributed by atoms with van der Waals surface area (Å²) in [4.78, 5) is 4.13. The van der Waals surface area contributed by atoms with Crippen molar-refractivity contribution in [3.05, 3.63) is 47.1 Å². The molecule has 1 aromatic carbocycles. The molecule has 0 amide bonds. The van der Waals surface area contributed by atoms with Crippen LogP contribution in [0.15, 0.2) is 22.7 Å². The molecular weight excluding hydrogens is 280 g/mol. The highest BCUT2D eigenvalue weighted by atomic mass is 19.2. The van der Waals surface area contributed by atoms with Gasteiger partial charge in [0.25, 0.3) is 0 Å². The number of nitrogens with zero attached hydrogens (tertiary/aromatic N) is 2. The summed E-state index contributed by atoms with van der Waals surface area (Å²) in [6.45, 7) is 4.31. The van der Waals surface area contributed by atoms with E-state index < -0.39 is 17.2 Å². The minimum Gasteiger partial charge on any atom is -0.379 e. The minimum absolute atomic E-state index is 0.00130. The fraction of sp³-hybridized carbons (Fsp3) is 0.429. The van der Waals surface area contributed by atoms with Gasteiger partial charge in [-0.15, -0.1) is 0 Å². The molecule has 1 aromatic heterocycles. The predicted molar refractivity (Wildman–Crippen MR) is 71.5 cm³/mol. The summed E-state index contributed by atoms with van der Waals surface area (Å²) in [5.74, 6) is -1.39. The Labute approximate surface area is 121 Å². The van der Waals surface area contributed by atoms with Gasteiger partial charge in [-0.25, -0.2) is 8.78 Å².